The number of aryl methyl sites for hydroxylation is 1. The second-order valence-electron chi connectivity index (χ2n) is 6.24. The van der Waals surface area contributed by atoms with Crippen molar-refractivity contribution in [3.63, 3.8) is 0 Å². The van der Waals surface area contributed by atoms with Crippen LogP contribution in [0.5, 0.6) is 11.5 Å². The first-order chi connectivity index (χ1) is 13.2. The summed E-state index contributed by atoms with van der Waals surface area (Å²) in [6, 6.07) is 25.8. The van der Waals surface area contributed by atoms with Gasteiger partial charge in [0.25, 0.3) is 0 Å². The Morgan fingerprint density at radius 3 is 2.11 bits per heavy atom. The summed E-state index contributed by atoms with van der Waals surface area (Å²) in [5.41, 5.74) is 4.78. The lowest BCUT2D eigenvalue weighted by Crippen LogP contribution is -1.95. The number of nitrogens with zero attached hydrogens (tertiary/aromatic N) is 1. The quantitative estimate of drug-likeness (QED) is 0.424. The summed E-state index contributed by atoms with van der Waals surface area (Å²) in [7, 11) is 1.62. The number of nitriles is 1. The van der Waals surface area contributed by atoms with Crippen molar-refractivity contribution < 1.29 is 9.47 Å². The summed E-state index contributed by atoms with van der Waals surface area (Å²) in [5.74, 6) is 1.57. The van der Waals surface area contributed by atoms with Crippen LogP contribution < -0.4 is 9.47 Å². The standard InChI is InChI=1S/C24H21NO2/c1-18-3-5-20(6-4-18)17-27-24-11-7-19(8-12-24)15-22(16-25)21-9-13-23(26-2)14-10-21/h3-15H,17H2,1-2H3/b22-15+. The zero-order chi connectivity index (χ0) is 19.1. The van der Waals surface area contributed by atoms with Gasteiger partial charge in [0.2, 0.25) is 0 Å². The van der Waals surface area contributed by atoms with Gasteiger partial charge in [0.15, 0.2) is 0 Å². The first-order valence-corrected chi connectivity index (χ1v) is 8.72. The van der Waals surface area contributed by atoms with Gasteiger partial charge in [-0.25, -0.2) is 0 Å². The van der Waals surface area contributed by atoms with Gasteiger partial charge in [-0.3, -0.25) is 0 Å². The number of methoxy groups -OCH3 is 1. The van der Waals surface area contributed by atoms with Gasteiger partial charge in [0.05, 0.1) is 18.8 Å². The Bertz CT molecular complexity index is 947. The molecule has 0 saturated carbocycles. The molecule has 3 nitrogen and oxygen atoms in total. The molecule has 0 heterocycles. The maximum absolute atomic E-state index is 9.48. The van der Waals surface area contributed by atoms with Crippen LogP contribution in [0.15, 0.2) is 72.8 Å². The fraction of sp³-hybridized carbons (Fsp3) is 0.125. The molecule has 3 aromatic carbocycles. The minimum absolute atomic E-state index is 0.532. The van der Waals surface area contributed by atoms with Crippen molar-refractivity contribution in [2.24, 2.45) is 0 Å². The third-order valence-electron chi connectivity index (χ3n) is 4.24. The fourth-order valence-electron chi connectivity index (χ4n) is 2.63. The predicted molar refractivity (Wildman–Crippen MR) is 108 cm³/mol. The molecule has 0 saturated heterocycles. The molecule has 3 heteroatoms. The zero-order valence-corrected chi connectivity index (χ0v) is 15.5. The van der Waals surface area contributed by atoms with Gasteiger partial charge in [0, 0.05) is 0 Å². The summed E-state index contributed by atoms with van der Waals surface area (Å²) >= 11 is 0. The first-order valence-electron chi connectivity index (χ1n) is 8.72. The highest BCUT2D eigenvalue weighted by Crippen LogP contribution is 2.22. The van der Waals surface area contributed by atoms with E-state index in [-0.39, 0.29) is 0 Å². The van der Waals surface area contributed by atoms with Crippen LogP contribution in [0.3, 0.4) is 0 Å². The molecular weight excluding hydrogens is 334 g/mol. The molecule has 0 aliphatic carbocycles. The van der Waals surface area contributed by atoms with E-state index in [4.69, 9.17) is 9.47 Å². The van der Waals surface area contributed by atoms with Gasteiger partial charge in [-0.15, -0.1) is 0 Å². The van der Waals surface area contributed by atoms with E-state index in [0.29, 0.717) is 12.2 Å². The second kappa shape index (κ2) is 8.73. The third kappa shape index (κ3) is 4.99. The third-order valence-corrected chi connectivity index (χ3v) is 4.24. The Balaban J connectivity index is 1.68. The molecule has 0 aliphatic rings. The molecule has 0 fully saturated rings. The zero-order valence-electron chi connectivity index (χ0n) is 15.5. The van der Waals surface area contributed by atoms with Crippen molar-refractivity contribution in [3.8, 4) is 17.6 Å². The number of hydrogen-bond donors (Lipinski definition) is 0. The molecule has 0 aliphatic heterocycles. The van der Waals surface area contributed by atoms with E-state index in [2.05, 4.69) is 37.3 Å². The topological polar surface area (TPSA) is 42.2 Å². The Morgan fingerprint density at radius 1 is 0.889 bits per heavy atom. The number of benzene rings is 3. The minimum atomic E-state index is 0.532. The molecule has 3 aromatic rings. The molecular formula is C24H21NO2. The van der Waals surface area contributed by atoms with E-state index in [9.17, 15) is 5.26 Å². The van der Waals surface area contributed by atoms with Gasteiger partial charge < -0.3 is 9.47 Å². The summed E-state index contributed by atoms with van der Waals surface area (Å²) in [4.78, 5) is 0. The highest BCUT2D eigenvalue weighted by molar-refractivity contribution is 5.89. The van der Waals surface area contributed by atoms with Crippen molar-refractivity contribution >= 4 is 11.6 Å². The van der Waals surface area contributed by atoms with Crippen LogP contribution in [0.2, 0.25) is 0 Å². The molecule has 0 unspecified atom stereocenters. The van der Waals surface area contributed by atoms with Crippen molar-refractivity contribution in [1.29, 1.82) is 5.26 Å². The smallest absolute Gasteiger partial charge is 0.119 e. The van der Waals surface area contributed by atoms with Crippen molar-refractivity contribution in [1.82, 2.24) is 0 Å². The molecule has 0 aromatic heterocycles. The lowest BCUT2D eigenvalue weighted by atomic mass is 10.0. The van der Waals surface area contributed by atoms with Gasteiger partial charge in [0.1, 0.15) is 18.1 Å². The second-order valence-corrected chi connectivity index (χ2v) is 6.24. The van der Waals surface area contributed by atoms with Crippen LogP contribution in [0.25, 0.3) is 11.6 Å². The van der Waals surface area contributed by atoms with Gasteiger partial charge in [-0.05, 0) is 66.1 Å². The average molecular weight is 355 g/mol. The molecule has 3 rings (SSSR count). The largest absolute Gasteiger partial charge is 0.497 e. The number of rotatable bonds is 6. The monoisotopic (exact) mass is 355 g/mol. The van der Waals surface area contributed by atoms with Gasteiger partial charge >= 0.3 is 0 Å². The summed E-state index contributed by atoms with van der Waals surface area (Å²) in [6.07, 6.45) is 1.87. The molecule has 27 heavy (non-hydrogen) atoms. The van der Waals surface area contributed by atoms with E-state index in [0.717, 1.165) is 28.2 Å². The molecule has 0 bridgehead atoms. The molecule has 134 valence electrons. The SMILES string of the molecule is COc1ccc(/C(C#N)=C/c2ccc(OCc3ccc(C)cc3)cc2)cc1. The van der Waals surface area contributed by atoms with Crippen molar-refractivity contribution in [3.05, 3.63) is 95.1 Å². The van der Waals surface area contributed by atoms with Crippen LogP contribution in [0.4, 0.5) is 0 Å². The van der Waals surface area contributed by atoms with Gasteiger partial charge in [-0.1, -0.05) is 42.0 Å². The molecule has 0 N–H and O–H groups in total. The lowest BCUT2D eigenvalue weighted by molar-refractivity contribution is 0.306. The maximum atomic E-state index is 9.48. The van der Waals surface area contributed by atoms with E-state index in [1.54, 1.807) is 7.11 Å². The van der Waals surface area contributed by atoms with Crippen LogP contribution in [0, 0.1) is 18.3 Å². The minimum Gasteiger partial charge on any atom is -0.497 e. The maximum Gasteiger partial charge on any atom is 0.119 e. The normalized spacial score (nSPS) is 10.9. The molecule has 0 radical (unpaired) electrons. The summed E-state index contributed by atoms with van der Waals surface area (Å²) < 4.78 is 11.0. The van der Waals surface area contributed by atoms with Crippen molar-refractivity contribution in [2.45, 2.75) is 13.5 Å². The van der Waals surface area contributed by atoms with Crippen LogP contribution in [0.1, 0.15) is 22.3 Å². The van der Waals surface area contributed by atoms with E-state index >= 15 is 0 Å². The van der Waals surface area contributed by atoms with Crippen LogP contribution >= 0.6 is 0 Å². The molecule has 0 spiro atoms. The number of allylic oxidation sites excluding steroid dienone is 1. The van der Waals surface area contributed by atoms with Crippen molar-refractivity contribution in [2.75, 3.05) is 7.11 Å². The Labute approximate surface area is 160 Å². The van der Waals surface area contributed by atoms with E-state index in [1.165, 1.54) is 5.56 Å². The Morgan fingerprint density at radius 2 is 1.52 bits per heavy atom. The van der Waals surface area contributed by atoms with E-state index in [1.807, 2.05) is 54.6 Å². The van der Waals surface area contributed by atoms with Crippen LogP contribution in [-0.2, 0) is 6.61 Å². The number of ether oxygens (including phenoxy) is 2. The highest BCUT2D eigenvalue weighted by atomic mass is 16.5. The summed E-state index contributed by atoms with van der Waals surface area (Å²) in [5, 5.41) is 9.48. The lowest BCUT2D eigenvalue weighted by Gasteiger charge is -2.07. The first kappa shape index (κ1) is 18.3. The van der Waals surface area contributed by atoms with Gasteiger partial charge in [-0.2, -0.15) is 5.26 Å². The Hall–Kier alpha value is -3.51. The molecule has 0 atom stereocenters. The fourth-order valence-corrected chi connectivity index (χ4v) is 2.63. The van der Waals surface area contributed by atoms with Crippen LogP contribution in [-0.4, -0.2) is 7.11 Å². The average Bonchev–Trinajstić information content (AvgIpc) is 2.72. The van der Waals surface area contributed by atoms with E-state index < -0.39 is 0 Å². The Kier molecular flexibility index (Phi) is 5.91. The predicted octanol–water partition coefficient (Wildman–Crippen LogP) is 5.65. The number of hydrogen-bond acceptors (Lipinski definition) is 3. The summed E-state index contributed by atoms with van der Waals surface area (Å²) in [6.45, 7) is 2.60. The highest BCUT2D eigenvalue weighted by Gasteiger charge is 2.02. The molecule has 0 amide bonds.